The number of carbonyl (C=O) groups excluding carboxylic acids is 2. The average Bonchev–Trinajstić information content (AvgIpc) is 3.17. The van der Waals surface area contributed by atoms with Gasteiger partial charge in [-0.1, -0.05) is 0 Å². The second kappa shape index (κ2) is 6.21. The molecule has 6 nitrogen and oxygen atoms in total. The summed E-state index contributed by atoms with van der Waals surface area (Å²) < 4.78 is 1.82. The minimum atomic E-state index is -0.602. The Balaban J connectivity index is 1.93. The van der Waals surface area contributed by atoms with Gasteiger partial charge in [-0.3, -0.25) is 9.59 Å². The molecule has 2 amide bonds. The molecule has 0 atom stereocenters. The zero-order valence-electron chi connectivity index (χ0n) is 12.8. The van der Waals surface area contributed by atoms with Gasteiger partial charge in [0, 0.05) is 18.1 Å². The van der Waals surface area contributed by atoms with Crippen LogP contribution in [0.5, 0.6) is 5.75 Å². The Labute approximate surface area is 142 Å². The van der Waals surface area contributed by atoms with Crippen LogP contribution in [-0.4, -0.2) is 21.5 Å². The van der Waals surface area contributed by atoms with Gasteiger partial charge in [0.25, 0.3) is 11.8 Å². The van der Waals surface area contributed by atoms with Crippen molar-refractivity contribution in [3.05, 3.63) is 64.8 Å². The largest absolute Gasteiger partial charge is 0.507 e. The van der Waals surface area contributed by atoms with Gasteiger partial charge in [-0.2, -0.15) is 0 Å². The highest BCUT2D eigenvalue weighted by atomic mass is 32.1. The third-order valence-corrected chi connectivity index (χ3v) is 4.59. The standard InChI is InChI=1S/C17H15N3O3S/c1-10-9-24-17(14(10)15(18)22)19-16(23)12-8-11(4-5-13(12)21)20-6-2-3-7-20/h2-9,21H,1H3,(H2,18,22)(H,19,23). The fourth-order valence-electron chi connectivity index (χ4n) is 2.39. The van der Waals surface area contributed by atoms with Gasteiger partial charge in [-0.05, 0) is 48.2 Å². The molecule has 122 valence electrons. The second-order valence-corrected chi connectivity index (χ2v) is 6.11. The van der Waals surface area contributed by atoms with Crippen molar-refractivity contribution in [3.63, 3.8) is 0 Å². The molecule has 0 radical (unpaired) electrons. The summed E-state index contributed by atoms with van der Waals surface area (Å²) in [6, 6.07) is 8.46. The van der Waals surface area contributed by atoms with Crippen LogP contribution in [0, 0.1) is 6.92 Å². The van der Waals surface area contributed by atoms with Crippen molar-refractivity contribution in [2.24, 2.45) is 5.73 Å². The quantitative estimate of drug-likeness (QED) is 0.680. The summed E-state index contributed by atoms with van der Waals surface area (Å²) >= 11 is 1.22. The van der Waals surface area contributed by atoms with Crippen LogP contribution in [0.15, 0.2) is 48.1 Å². The molecule has 2 aromatic heterocycles. The average molecular weight is 341 g/mol. The van der Waals surface area contributed by atoms with Gasteiger partial charge in [0.05, 0.1) is 11.1 Å². The fraction of sp³-hybridized carbons (Fsp3) is 0.0588. The maximum absolute atomic E-state index is 12.5. The number of thiophene rings is 1. The van der Waals surface area contributed by atoms with Gasteiger partial charge in [0.15, 0.2) is 0 Å². The van der Waals surface area contributed by atoms with Crippen molar-refractivity contribution in [2.75, 3.05) is 5.32 Å². The van der Waals surface area contributed by atoms with E-state index in [0.717, 1.165) is 5.69 Å². The van der Waals surface area contributed by atoms with Gasteiger partial charge >= 0.3 is 0 Å². The third kappa shape index (κ3) is 2.89. The number of hydrogen-bond acceptors (Lipinski definition) is 4. The predicted molar refractivity (Wildman–Crippen MR) is 93.0 cm³/mol. The monoisotopic (exact) mass is 341 g/mol. The summed E-state index contributed by atoms with van der Waals surface area (Å²) in [4.78, 5) is 24.0. The van der Waals surface area contributed by atoms with Gasteiger partial charge < -0.3 is 20.7 Å². The first-order valence-corrected chi connectivity index (χ1v) is 8.01. The lowest BCUT2D eigenvalue weighted by atomic mass is 10.1. The van der Waals surface area contributed by atoms with E-state index in [1.165, 1.54) is 17.4 Å². The number of nitrogens with zero attached hydrogens (tertiary/aromatic N) is 1. The molecule has 1 aromatic carbocycles. The van der Waals surface area contributed by atoms with E-state index in [1.54, 1.807) is 24.4 Å². The molecule has 0 saturated carbocycles. The third-order valence-electron chi connectivity index (χ3n) is 3.58. The van der Waals surface area contributed by atoms with E-state index in [9.17, 15) is 14.7 Å². The molecule has 0 aliphatic rings. The van der Waals surface area contributed by atoms with Crippen LogP contribution in [-0.2, 0) is 0 Å². The number of phenols is 1. The lowest BCUT2D eigenvalue weighted by molar-refractivity contribution is 0.100. The van der Waals surface area contributed by atoms with Gasteiger partial charge in [0.1, 0.15) is 10.8 Å². The lowest BCUT2D eigenvalue weighted by Crippen LogP contribution is -2.17. The number of anilines is 1. The smallest absolute Gasteiger partial charge is 0.260 e. The van der Waals surface area contributed by atoms with Crippen molar-refractivity contribution < 1.29 is 14.7 Å². The first kappa shape index (κ1) is 15.8. The van der Waals surface area contributed by atoms with Crippen LogP contribution in [0.3, 0.4) is 0 Å². The molecule has 0 fully saturated rings. The van der Waals surface area contributed by atoms with Gasteiger partial charge in [-0.15, -0.1) is 11.3 Å². The highest BCUT2D eigenvalue weighted by molar-refractivity contribution is 7.15. The zero-order chi connectivity index (χ0) is 17.3. The Morgan fingerprint density at radius 1 is 1.25 bits per heavy atom. The number of rotatable bonds is 4. The van der Waals surface area contributed by atoms with E-state index in [1.807, 2.05) is 29.1 Å². The van der Waals surface area contributed by atoms with E-state index >= 15 is 0 Å². The molecule has 3 aromatic rings. The Kier molecular flexibility index (Phi) is 4.09. The van der Waals surface area contributed by atoms with E-state index in [4.69, 9.17) is 5.73 Å². The molecule has 7 heteroatoms. The molecule has 0 spiro atoms. The number of carbonyl (C=O) groups is 2. The molecule has 4 N–H and O–H groups in total. The molecule has 0 saturated heterocycles. The topological polar surface area (TPSA) is 97.3 Å². The molecule has 0 aliphatic carbocycles. The summed E-state index contributed by atoms with van der Waals surface area (Å²) in [6.45, 7) is 1.75. The number of phenolic OH excluding ortho intramolecular Hbond substituents is 1. The van der Waals surface area contributed by atoms with Crippen LogP contribution in [0.4, 0.5) is 5.00 Å². The van der Waals surface area contributed by atoms with Crippen molar-refractivity contribution in [1.29, 1.82) is 0 Å². The molecule has 2 heterocycles. The summed E-state index contributed by atoms with van der Waals surface area (Å²) in [5.41, 5.74) is 7.19. The highest BCUT2D eigenvalue weighted by Crippen LogP contribution is 2.29. The number of aromatic hydroxyl groups is 1. The Morgan fingerprint density at radius 2 is 1.96 bits per heavy atom. The predicted octanol–water partition coefficient (Wildman–Crippen LogP) is 2.90. The number of aromatic nitrogens is 1. The van der Waals surface area contributed by atoms with Crippen LogP contribution in [0.25, 0.3) is 5.69 Å². The van der Waals surface area contributed by atoms with Crippen LogP contribution in [0.2, 0.25) is 0 Å². The number of amides is 2. The van der Waals surface area contributed by atoms with E-state index < -0.39 is 11.8 Å². The maximum atomic E-state index is 12.5. The summed E-state index contributed by atoms with van der Waals surface area (Å²) in [6.07, 6.45) is 3.67. The van der Waals surface area contributed by atoms with E-state index in [2.05, 4.69) is 5.32 Å². The molecule has 24 heavy (non-hydrogen) atoms. The molecule has 0 bridgehead atoms. The summed E-state index contributed by atoms with van der Waals surface area (Å²) in [5, 5.41) is 14.8. The maximum Gasteiger partial charge on any atom is 0.260 e. The normalized spacial score (nSPS) is 10.5. The Hall–Kier alpha value is -3.06. The Morgan fingerprint density at radius 3 is 2.62 bits per heavy atom. The SMILES string of the molecule is Cc1csc(NC(=O)c2cc(-n3cccc3)ccc2O)c1C(N)=O. The highest BCUT2D eigenvalue weighted by Gasteiger charge is 2.19. The molecular formula is C17H15N3O3S. The zero-order valence-corrected chi connectivity index (χ0v) is 13.6. The lowest BCUT2D eigenvalue weighted by Gasteiger charge is -2.10. The van der Waals surface area contributed by atoms with Crippen molar-refractivity contribution in [3.8, 4) is 11.4 Å². The molecule has 0 aliphatic heterocycles. The number of aryl methyl sites for hydroxylation is 1. The van der Waals surface area contributed by atoms with Crippen molar-refractivity contribution in [1.82, 2.24) is 4.57 Å². The van der Waals surface area contributed by atoms with Crippen LogP contribution in [0.1, 0.15) is 26.3 Å². The molecular weight excluding hydrogens is 326 g/mol. The second-order valence-electron chi connectivity index (χ2n) is 5.23. The van der Waals surface area contributed by atoms with Crippen LogP contribution < -0.4 is 11.1 Å². The van der Waals surface area contributed by atoms with Gasteiger partial charge in [-0.25, -0.2) is 0 Å². The number of primary amides is 1. The number of nitrogens with one attached hydrogen (secondary N) is 1. The van der Waals surface area contributed by atoms with Crippen molar-refractivity contribution in [2.45, 2.75) is 6.92 Å². The Bertz CT molecular complexity index is 913. The van der Waals surface area contributed by atoms with Crippen molar-refractivity contribution >= 4 is 28.2 Å². The summed E-state index contributed by atoms with van der Waals surface area (Å²) in [7, 11) is 0. The summed E-state index contributed by atoms with van der Waals surface area (Å²) in [5.74, 6) is -1.25. The minimum absolute atomic E-state index is 0.114. The number of hydrogen-bond donors (Lipinski definition) is 3. The van der Waals surface area contributed by atoms with E-state index in [-0.39, 0.29) is 16.9 Å². The first-order chi connectivity index (χ1) is 11.5. The van der Waals surface area contributed by atoms with E-state index in [0.29, 0.717) is 10.6 Å². The minimum Gasteiger partial charge on any atom is -0.507 e. The molecule has 0 unspecified atom stereocenters. The molecule has 3 rings (SSSR count). The van der Waals surface area contributed by atoms with Crippen LogP contribution >= 0.6 is 11.3 Å². The number of benzene rings is 1. The number of nitrogens with two attached hydrogens (primary N) is 1. The first-order valence-electron chi connectivity index (χ1n) is 7.13. The van der Waals surface area contributed by atoms with Gasteiger partial charge in [0.2, 0.25) is 0 Å². The fourth-order valence-corrected chi connectivity index (χ4v) is 3.33.